The number of allylic oxidation sites excluding steroid dienone is 10. The molecule has 182 valence electrons. The minimum Gasteiger partial charge on any atom is -0.298 e. The maximum Gasteiger partial charge on any atom is 0.169 e. The highest BCUT2D eigenvalue weighted by Crippen LogP contribution is 2.59. The predicted octanol–water partition coefficient (Wildman–Crippen LogP) is 8.51. The van der Waals surface area contributed by atoms with Crippen molar-refractivity contribution in [2.45, 2.75) is 101 Å². The molecule has 0 aromatic carbocycles. The monoisotopic (exact) mass is 450 g/mol. The summed E-state index contributed by atoms with van der Waals surface area (Å²) in [7, 11) is 0. The third kappa shape index (κ3) is 6.34. The minimum absolute atomic E-state index is 0.0759. The van der Waals surface area contributed by atoms with Crippen LogP contribution in [0, 0.1) is 22.7 Å². The first-order valence-electron chi connectivity index (χ1n) is 12.7. The van der Waals surface area contributed by atoms with Crippen molar-refractivity contribution in [3.63, 3.8) is 0 Å². The average Bonchev–Trinajstić information content (AvgIpc) is 2.69. The van der Waals surface area contributed by atoms with Crippen LogP contribution in [0.25, 0.3) is 0 Å². The van der Waals surface area contributed by atoms with Crippen molar-refractivity contribution in [3.05, 3.63) is 58.2 Å². The molecule has 2 heteroatoms. The van der Waals surface area contributed by atoms with E-state index in [1.165, 1.54) is 22.3 Å². The fourth-order valence-corrected chi connectivity index (χ4v) is 5.59. The molecule has 2 aliphatic carbocycles. The highest BCUT2D eigenvalue weighted by molar-refractivity contribution is 6.16. The first kappa shape index (κ1) is 27.3. The molecular formula is C31H46O2. The van der Waals surface area contributed by atoms with Crippen molar-refractivity contribution in [2.24, 2.45) is 22.7 Å². The lowest BCUT2D eigenvalue weighted by Crippen LogP contribution is -2.58. The summed E-state index contributed by atoms with van der Waals surface area (Å²) in [5, 5.41) is 0. The second-order valence-corrected chi connectivity index (χ2v) is 11.7. The summed E-state index contributed by atoms with van der Waals surface area (Å²) in [6, 6.07) is 0. The van der Waals surface area contributed by atoms with E-state index in [0.717, 1.165) is 31.3 Å². The maximum atomic E-state index is 14.1. The molecule has 0 aromatic rings. The molecule has 0 saturated heterocycles. The lowest BCUT2D eigenvalue weighted by Gasteiger charge is -2.54. The van der Waals surface area contributed by atoms with Gasteiger partial charge in [-0.3, -0.25) is 9.59 Å². The van der Waals surface area contributed by atoms with E-state index >= 15 is 0 Å². The average molecular weight is 451 g/mol. The Labute approximate surface area is 203 Å². The molecule has 0 N–H and O–H groups in total. The Kier molecular flexibility index (Phi) is 9.08. The van der Waals surface area contributed by atoms with E-state index in [-0.39, 0.29) is 17.0 Å². The number of Topliss-reactive ketones (excluding diaryl/α,β-unsaturated/α-hetero) is 2. The number of hydrogen-bond donors (Lipinski definition) is 0. The molecule has 0 aromatic heterocycles. The molecule has 1 fully saturated rings. The summed E-state index contributed by atoms with van der Waals surface area (Å²) in [5.41, 5.74) is 4.98. The second kappa shape index (κ2) is 11.0. The molecule has 0 aliphatic heterocycles. The molecule has 0 unspecified atom stereocenters. The first-order chi connectivity index (χ1) is 15.3. The summed E-state index contributed by atoms with van der Waals surface area (Å²) >= 11 is 0. The Balaban J connectivity index is 2.66. The smallest absolute Gasteiger partial charge is 0.169 e. The van der Waals surface area contributed by atoms with Gasteiger partial charge in [0.15, 0.2) is 11.6 Å². The Hall–Kier alpha value is -1.96. The van der Waals surface area contributed by atoms with Gasteiger partial charge >= 0.3 is 0 Å². The fourth-order valence-electron chi connectivity index (χ4n) is 5.59. The van der Waals surface area contributed by atoms with Crippen molar-refractivity contribution in [3.8, 4) is 0 Å². The van der Waals surface area contributed by atoms with Crippen LogP contribution in [-0.2, 0) is 9.59 Å². The lowest BCUT2D eigenvalue weighted by atomic mass is 9.46. The van der Waals surface area contributed by atoms with Gasteiger partial charge in [-0.1, -0.05) is 59.6 Å². The molecule has 0 radical (unpaired) electrons. The van der Waals surface area contributed by atoms with Crippen molar-refractivity contribution in [2.75, 3.05) is 0 Å². The van der Waals surface area contributed by atoms with E-state index in [0.29, 0.717) is 18.8 Å². The van der Waals surface area contributed by atoms with Gasteiger partial charge in [-0.25, -0.2) is 0 Å². The standard InChI is InChI=1S/C31H46O2/c1-21(2)11-10-17-30(9)26(15-13-23(5)6)20-31(18-16-24(7)8)19-25(14-12-22(3)4)28(32)27(30)29(31)33/h11-13,16,19,26-27H,10,14-15,17-18,20H2,1-9H3/t26-,27-,30+,31-/m0/s1. The topological polar surface area (TPSA) is 34.1 Å². The summed E-state index contributed by atoms with van der Waals surface area (Å²) in [4.78, 5) is 28.0. The van der Waals surface area contributed by atoms with Crippen LogP contribution in [0.1, 0.15) is 101 Å². The van der Waals surface area contributed by atoms with Crippen LogP contribution in [0.3, 0.4) is 0 Å². The molecule has 2 bridgehead atoms. The lowest BCUT2D eigenvalue weighted by molar-refractivity contribution is -0.153. The molecule has 0 spiro atoms. The van der Waals surface area contributed by atoms with Gasteiger partial charge in [0, 0.05) is 0 Å². The molecule has 33 heavy (non-hydrogen) atoms. The Morgan fingerprint density at radius 3 is 2.00 bits per heavy atom. The van der Waals surface area contributed by atoms with E-state index in [9.17, 15) is 9.59 Å². The molecular weight excluding hydrogens is 404 g/mol. The first-order valence-corrected chi connectivity index (χ1v) is 12.7. The molecule has 0 heterocycles. The molecule has 2 rings (SSSR count). The zero-order chi connectivity index (χ0) is 25.0. The van der Waals surface area contributed by atoms with Crippen molar-refractivity contribution in [1.29, 1.82) is 0 Å². The normalized spacial score (nSPS) is 28.6. The molecule has 0 amide bonds. The minimum atomic E-state index is -0.559. The third-order valence-corrected chi connectivity index (χ3v) is 7.64. The van der Waals surface area contributed by atoms with Gasteiger partial charge in [-0.05, 0) is 111 Å². The quantitative estimate of drug-likeness (QED) is 0.260. The number of carbonyl (C=O) groups is 2. The number of rotatable bonds is 9. The zero-order valence-corrected chi connectivity index (χ0v) is 22.6. The van der Waals surface area contributed by atoms with Gasteiger partial charge < -0.3 is 0 Å². The van der Waals surface area contributed by atoms with Crippen LogP contribution in [0.15, 0.2) is 58.2 Å². The predicted molar refractivity (Wildman–Crippen MR) is 141 cm³/mol. The van der Waals surface area contributed by atoms with Crippen LogP contribution in [0.2, 0.25) is 0 Å². The number of carbonyl (C=O) groups excluding carboxylic acids is 2. The number of fused-ring (bicyclic) bond motifs is 2. The van der Waals surface area contributed by atoms with E-state index in [1.807, 2.05) is 0 Å². The van der Waals surface area contributed by atoms with Crippen molar-refractivity contribution >= 4 is 11.6 Å². The van der Waals surface area contributed by atoms with Crippen LogP contribution < -0.4 is 0 Å². The largest absolute Gasteiger partial charge is 0.298 e. The highest BCUT2D eigenvalue weighted by Gasteiger charge is 2.61. The third-order valence-electron chi connectivity index (χ3n) is 7.64. The van der Waals surface area contributed by atoms with E-state index in [2.05, 4.69) is 92.7 Å². The summed E-state index contributed by atoms with van der Waals surface area (Å²) in [5.74, 6) is 0.00551. The van der Waals surface area contributed by atoms with Gasteiger partial charge in [-0.2, -0.15) is 0 Å². The summed E-state index contributed by atoms with van der Waals surface area (Å²) < 4.78 is 0. The SMILES string of the molecule is CC(C)=CCC[C@]1(C)[C@@H](CC=C(C)C)C[C@]2(CC=C(C)C)C=C(CC=C(C)C)C(=O)[C@H]1C2=O. The molecule has 2 nitrogen and oxygen atoms in total. The van der Waals surface area contributed by atoms with Crippen LogP contribution in [-0.4, -0.2) is 11.6 Å². The molecule has 2 aliphatic rings. The summed E-state index contributed by atoms with van der Waals surface area (Å²) in [6.07, 6.45) is 15.8. The van der Waals surface area contributed by atoms with Crippen LogP contribution in [0.5, 0.6) is 0 Å². The number of hydrogen-bond acceptors (Lipinski definition) is 2. The Bertz CT molecular complexity index is 907. The Morgan fingerprint density at radius 1 is 0.879 bits per heavy atom. The van der Waals surface area contributed by atoms with Crippen LogP contribution >= 0.6 is 0 Å². The fraction of sp³-hybridized carbons (Fsp3) is 0.613. The van der Waals surface area contributed by atoms with Gasteiger partial charge in [-0.15, -0.1) is 0 Å². The van der Waals surface area contributed by atoms with Gasteiger partial charge in [0.25, 0.3) is 0 Å². The van der Waals surface area contributed by atoms with Crippen molar-refractivity contribution < 1.29 is 9.59 Å². The van der Waals surface area contributed by atoms with Gasteiger partial charge in [0.1, 0.15) is 0 Å². The second-order valence-electron chi connectivity index (χ2n) is 11.7. The molecule has 4 atom stereocenters. The molecule has 1 saturated carbocycles. The van der Waals surface area contributed by atoms with Gasteiger partial charge in [0.05, 0.1) is 11.3 Å². The van der Waals surface area contributed by atoms with Gasteiger partial charge in [0.2, 0.25) is 0 Å². The van der Waals surface area contributed by atoms with E-state index < -0.39 is 11.3 Å². The van der Waals surface area contributed by atoms with Crippen LogP contribution in [0.4, 0.5) is 0 Å². The maximum absolute atomic E-state index is 14.1. The number of ketones is 2. The zero-order valence-electron chi connectivity index (χ0n) is 22.6. The van der Waals surface area contributed by atoms with Crippen molar-refractivity contribution in [1.82, 2.24) is 0 Å². The summed E-state index contributed by atoms with van der Waals surface area (Å²) in [6.45, 7) is 19.0. The van der Waals surface area contributed by atoms with E-state index in [1.54, 1.807) is 0 Å². The van der Waals surface area contributed by atoms with E-state index in [4.69, 9.17) is 0 Å². The highest BCUT2D eigenvalue weighted by atomic mass is 16.2. The Morgan fingerprint density at radius 2 is 1.45 bits per heavy atom.